The Morgan fingerprint density at radius 1 is 1.10 bits per heavy atom. The minimum atomic E-state index is -0.885. The van der Waals surface area contributed by atoms with Crippen molar-refractivity contribution in [3.63, 3.8) is 0 Å². The van der Waals surface area contributed by atoms with E-state index in [1.165, 1.54) is 0 Å². The van der Waals surface area contributed by atoms with Gasteiger partial charge in [0.2, 0.25) is 0 Å². The molecule has 110 valence electrons. The number of carboxylic acid groups (broad SMARTS) is 1. The van der Waals surface area contributed by atoms with Gasteiger partial charge in [-0.3, -0.25) is 9.59 Å². The zero-order chi connectivity index (χ0) is 15.0. The predicted molar refractivity (Wildman–Crippen MR) is 69.4 cm³/mol. The molecule has 6 heteroatoms. The molecule has 0 atom stereocenters. The maximum Gasteiger partial charge on any atom is 0.303 e. The van der Waals surface area contributed by atoms with Crippen molar-refractivity contribution in [2.45, 2.75) is 32.1 Å². The Kier molecular flexibility index (Phi) is 6.63. The molecule has 0 spiro atoms. The van der Waals surface area contributed by atoms with Crippen LogP contribution in [0.2, 0.25) is 0 Å². The van der Waals surface area contributed by atoms with Crippen LogP contribution in [0.1, 0.15) is 42.5 Å². The van der Waals surface area contributed by atoms with E-state index >= 15 is 0 Å². The summed E-state index contributed by atoms with van der Waals surface area (Å²) < 4.78 is 26.0. The quantitative estimate of drug-likeness (QED) is 0.722. The van der Waals surface area contributed by atoms with Gasteiger partial charge >= 0.3 is 5.97 Å². The van der Waals surface area contributed by atoms with E-state index in [2.05, 4.69) is 5.32 Å². The van der Waals surface area contributed by atoms with Gasteiger partial charge in [0.1, 0.15) is 11.6 Å². The van der Waals surface area contributed by atoms with Crippen LogP contribution in [-0.4, -0.2) is 23.5 Å². The van der Waals surface area contributed by atoms with Crippen molar-refractivity contribution in [2.75, 3.05) is 6.54 Å². The Bertz CT molecular complexity index is 477. The maximum absolute atomic E-state index is 13.3. The van der Waals surface area contributed by atoms with Crippen LogP contribution in [0, 0.1) is 11.6 Å². The lowest BCUT2D eigenvalue weighted by Crippen LogP contribution is -2.25. The van der Waals surface area contributed by atoms with E-state index in [4.69, 9.17) is 5.11 Å². The van der Waals surface area contributed by atoms with Crippen LogP contribution in [0.5, 0.6) is 0 Å². The van der Waals surface area contributed by atoms with Gasteiger partial charge < -0.3 is 10.4 Å². The highest BCUT2D eigenvalue weighted by atomic mass is 19.1. The molecule has 0 bridgehead atoms. The van der Waals surface area contributed by atoms with Crippen LogP contribution in [0.15, 0.2) is 18.2 Å². The second-order valence-electron chi connectivity index (χ2n) is 4.44. The molecule has 20 heavy (non-hydrogen) atoms. The van der Waals surface area contributed by atoms with Crippen molar-refractivity contribution in [3.8, 4) is 0 Å². The molecule has 0 radical (unpaired) electrons. The van der Waals surface area contributed by atoms with Crippen molar-refractivity contribution < 1.29 is 23.5 Å². The summed E-state index contributed by atoms with van der Waals surface area (Å²) in [5.74, 6) is -3.00. The van der Waals surface area contributed by atoms with Gasteiger partial charge in [-0.05, 0) is 25.0 Å². The Morgan fingerprint density at radius 3 is 2.45 bits per heavy atom. The second-order valence-corrected chi connectivity index (χ2v) is 4.44. The van der Waals surface area contributed by atoms with Crippen LogP contribution in [0.3, 0.4) is 0 Å². The lowest BCUT2D eigenvalue weighted by atomic mass is 10.1. The number of amides is 1. The van der Waals surface area contributed by atoms with Gasteiger partial charge in [-0.25, -0.2) is 8.78 Å². The van der Waals surface area contributed by atoms with Crippen molar-refractivity contribution in [1.29, 1.82) is 0 Å². The van der Waals surface area contributed by atoms with Crippen LogP contribution >= 0.6 is 0 Å². The molecule has 0 aromatic heterocycles. The highest BCUT2D eigenvalue weighted by Crippen LogP contribution is 2.09. The summed E-state index contributed by atoms with van der Waals surface area (Å²) >= 11 is 0. The SMILES string of the molecule is O=C(O)CCCCCCNC(=O)c1ccc(F)cc1F. The molecule has 0 aliphatic rings. The lowest BCUT2D eigenvalue weighted by molar-refractivity contribution is -0.137. The molecule has 1 aromatic rings. The standard InChI is InChI=1S/C14H17F2NO3/c15-10-6-7-11(12(16)9-10)14(20)17-8-4-2-1-3-5-13(18)19/h6-7,9H,1-5,8H2,(H,17,20)(H,18,19). The fourth-order valence-electron chi connectivity index (χ4n) is 1.73. The molecule has 1 rings (SSSR count). The summed E-state index contributed by atoms with van der Waals surface area (Å²) in [6, 6.07) is 2.80. The zero-order valence-corrected chi connectivity index (χ0v) is 11.0. The number of nitrogens with one attached hydrogen (secondary N) is 1. The molecule has 1 amide bonds. The van der Waals surface area contributed by atoms with Gasteiger partial charge in [0.05, 0.1) is 5.56 Å². The Balaban J connectivity index is 2.22. The molecule has 0 heterocycles. The Morgan fingerprint density at radius 2 is 1.80 bits per heavy atom. The number of carboxylic acids is 1. The first-order valence-electron chi connectivity index (χ1n) is 6.45. The molecule has 0 saturated heterocycles. The van der Waals surface area contributed by atoms with E-state index in [9.17, 15) is 18.4 Å². The lowest BCUT2D eigenvalue weighted by Gasteiger charge is -2.06. The number of benzene rings is 1. The fraction of sp³-hybridized carbons (Fsp3) is 0.429. The summed E-state index contributed by atoms with van der Waals surface area (Å²) in [5.41, 5.74) is -0.183. The van der Waals surface area contributed by atoms with Gasteiger partial charge in [0.15, 0.2) is 0 Å². The first kappa shape index (κ1) is 16.1. The summed E-state index contributed by atoms with van der Waals surface area (Å²) in [5, 5.41) is 11.0. The van der Waals surface area contributed by atoms with Crippen LogP contribution in [0.25, 0.3) is 0 Å². The van der Waals surface area contributed by atoms with E-state index < -0.39 is 23.5 Å². The normalized spacial score (nSPS) is 10.3. The Hall–Kier alpha value is -1.98. The predicted octanol–water partition coefficient (Wildman–Crippen LogP) is 2.73. The van der Waals surface area contributed by atoms with Gasteiger partial charge in [-0.1, -0.05) is 12.8 Å². The largest absolute Gasteiger partial charge is 0.481 e. The van der Waals surface area contributed by atoms with E-state index in [0.29, 0.717) is 25.5 Å². The molecule has 0 aliphatic heterocycles. The molecule has 0 saturated carbocycles. The minimum absolute atomic E-state index is 0.146. The first-order valence-corrected chi connectivity index (χ1v) is 6.45. The van der Waals surface area contributed by atoms with E-state index in [-0.39, 0.29) is 12.0 Å². The van der Waals surface area contributed by atoms with Crippen molar-refractivity contribution >= 4 is 11.9 Å². The fourth-order valence-corrected chi connectivity index (χ4v) is 1.73. The van der Waals surface area contributed by atoms with Crippen LogP contribution in [-0.2, 0) is 4.79 Å². The van der Waals surface area contributed by atoms with E-state index in [1.807, 2.05) is 0 Å². The summed E-state index contributed by atoms with van der Waals surface area (Å²) in [4.78, 5) is 21.9. The molecule has 1 aromatic carbocycles. The van der Waals surface area contributed by atoms with Crippen molar-refractivity contribution in [1.82, 2.24) is 5.32 Å². The average molecular weight is 285 g/mol. The van der Waals surface area contributed by atoms with Gasteiger partial charge in [0, 0.05) is 19.0 Å². The topological polar surface area (TPSA) is 66.4 Å². The van der Waals surface area contributed by atoms with Gasteiger partial charge in [0.25, 0.3) is 5.91 Å². The molecule has 0 fully saturated rings. The highest BCUT2D eigenvalue weighted by molar-refractivity contribution is 5.94. The monoisotopic (exact) mass is 285 g/mol. The first-order chi connectivity index (χ1) is 9.50. The van der Waals surface area contributed by atoms with E-state index in [0.717, 1.165) is 25.0 Å². The number of hydrogen-bond acceptors (Lipinski definition) is 2. The molecule has 2 N–H and O–H groups in total. The molecular formula is C14H17F2NO3. The average Bonchev–Trinajstić information content (AvgIpc) is 2.37. The van der Waals surface area contributed by atoms with Crippen molar-refractivity contribution in [2.24, 2.45) is 0 Å². The van der Waals surface area contributed by atoms with Gasteiger partial charge in [-0.2, -0.15) is 0 Å². The number of aliphatic carboxylic acids is 1. The highest BCUT2D eigenvalue weighted by Gasteiger charge is 2.11. The molecule has 0 unspecified atom stereocenters. The van der Waals surface area contributed by atoms with Crippen LogP contribution in [0.4, 0.5) is 8.78 Å². The van der Waals surface area contributed by atoms with Crippen molar-refractivity contribution in [3.05, 3.63) is 35.4 Å². The summed E-state index contributed by atoms with van der Waals surface area (Å²) in [6.45, 7) is 0.378. The molecular weight excluding hydrogens is 268 g/mol. The summed E-state index contributed by atoms with van der Waals surface area (Å²) in [7, 11) is 0. The molecule has 0 aliphatic carbocycles. The number of rotatable bonds is 8. The molecule has 4 nitrogen and oxygen atoms in total. The van der Waals surface area contributed by atoms with Crippen LogP contribution < -0.4 is 5.32 Å². The third kappa shape index (κ3) is 5.77. The Labute approximate surface area is 115 Å². The van der Waals surface area contributed by atoms with E-state index in [1.54, 1.807) is 0 Å². The smallest absolute Gasteiger partial charge is 0.303 e. The number of unbranched alkanes of at least 4 members (excludes halogenated alkanes) is 3. The summed E-state index contributed by atoms with van der Waals surface area (Å²) in [6.07, 6.45) is 3.00. The number of halogens is 2. The minimum Gasteiger partial charge on any atom is -0.481 e. The zero-order valence-electron chi connectivity index (χ0n) is 11.0. The third-order valence-corrected chi connectivity index (χ3v) is 2.78. The third-order valence-electron chi connectivity index (χ3n) is 2.78. The number of carbonyl (C=O) groups excluding carboxylic acids is 1. The number of carbonyl (C=O) groups is 2. The maximum atomic E-state index is 13.3. The number of hydrogen-bond donors (Lipinski definition) is 2. The van der Waals surface area contributed by atoms with Gasteiger partial charge in [-0.15, -0.1) is 0 Å². The second kappa shape index (κ2) is 8.24.